The minimum atomic E-state index is -4.87. The van der Waals surface area contributed by atoms with Gasteiger partial charge >= 0.3 is 12.1 Å². The first kappa shape index (κ1) is 29.8. The molecule has 0 spiro atoms. The molecule has 1 amide bonds. The molecule has 1 heterocycles. The number of carboxylic acid groups (broad SMARTS) is 1. The first-order valence-electron chi connectivity index (χ1n) is 12.8. The van der Waals surface area contributed by atoms with Gasteiger partial charge in [0.15, 0.2) is 0 Å². The molecule has 0 saturated carbocycles. The van der Waals surface area contributed by atoms with Gasteiger partial charge in [-0.05, 0) is 61.9 Å². The van der Waals surface area contributed by atoms with Gasteiger partial charge in [0.25, 0.3) is 11.8 Å². The molecule has 0 aliphatic carbocycles. The third kappa shape index (κ3) is 6.58. The summed E-state index contributed by atoms with van der Waals surface area (Å²) in [6, 6.07) is 13.1. The SMILES string of the molecule is NCCCCCCNC(=O)c1ccc2c(-c3ccc(C(=O)O)cc3)nn(C(=O)c3c(Cl)cccc3C(F)(F)F)c2c1. The van der Waals surface area contributed by atoms with Gasteiger partial charge in [-0.1, -0.05) is 42.6 Å². The Balaban J connectivity index is 1.79. The summed E-state index contributed by atoms with van der Waals surface area (Å²) >= 11 is 6.10. The highest BCUT2D eigenvalue weighted by Crippen LogP contribution is 2.37. The van der Waals surface area contributed by atoms with Crippen molar-refractivity contribution in [2.45, 2.75) is 31.9 Å². The molecule has 12 heteroatoms. The van der Waals surface area contributed by atoms with Crippen LogP contribution >= 0.6 is 11.6 Å². The number of nitrogens with one attached hydrogen (secondary N) is 1. The monoisotopic (exact) mass is 586 g/mol. The zero-order chi connectivity index (χ0) is 29.7. The fourth-order valence-electron chi connectivity index (χ4n) is 4.41. The van der Waals surface area contributed by atoms with Crippen LogP contribution in [0.3, 0.4) is 0 Å². The highest BCUT2D eigenvalue weighted by Gasteiger charge is 2.37. The normalized spacial score (nSPS) is 11.5. The van der Waals surface area contributed by atoms with E-state index in [9.17, 15) is 32.7 Å². The average molecular weight is 587 g/mol. The summed E-state index contributed by atoms with van der Waals surface area (Å²) in [6.45, 7) is 1.01. The number of nitrogens with two attached hydrogens (primary N) is 1. The number of hydrogen-bond acceptors (Lipinski definition) is 5. The Hall–Kier alpha value is -4.22. The molecule has 0 unspecified atom stereocenters. The largest absolute Gasteiger partial charge is 0.478 e. The van der Waals surface area contributed by atoms with Crippen LogP contribution in [0.15, 0.2) is 60.7 Å². The summed E-state index contributed by atoms with van der Waals surface area (Å²) in [5.74, 6) is -2.71. The lowest BCUT2D eigenvalue weighted by Gasteiger charge is -2.13. The van der Waals surface area contributed by atoms with Gasteiger partial charge in [0.2, 0.25) is 0 Å². The Labute approximate surface area is 237 Å². The number of aromatic carboxylic acids is 1. The number of carboxylic acids is 1. The van der Waals surface area contributed by atoms with Crippen molar-refractivity contribution in [2.24, 2.45) is 5.73 Å². The van der Waals surface area contributed by atoms with E-state index < -0.39 is 40.1 Å². The summed E-state index contributed by atoms with van der Waals surface area (Å²) in [6.07, 6.45) is -1.40. The van der Waals surface area contributed by atoms with Crippen molar-refractivity contribution in [3.8, 4) is 11.3 Å². The fraction of sp³-hybridized carbons (Fsp3) is 0.241. The number of hydrogen-bond donors (Lipinski definition) is 3. The van der Waals surface area contributed by atoms with Gasteiger partial charge in [-0.2, -0.15) is 23.0 Å². The Morgan fingerprint density at radius 3 is 2.29 bits per heavy atom. The number of amides is 1. The van der Waals surface area contributed by atoms with Crippen LogP contribution in [0.4, 0.5) is 13.2 Å². The molecule has 1 aromatic heterocycles. The van der Waals surface area contributed by atoms with Crippen LogP contribution in [0.5, 0.6) is 0 Å². The molecule has 0 aliphatic heterocycles. The maximum absolute atomic E-state index is 13.8. The molecular weight excluding hydrogens is 561 g/mol. The summed E-state index contributed by atoms with van der Waals surface area (Å²) in [4.78, 5) is 37.8. The maximum Gasteiger partial charge on any atom is 0.417 e. The molecule has 4 N–H and O–H groups in total. The predicted molar refractivity (Wildman–Crippen MR) is 148 cm³/mol. The average Bonchev–Trinajstić information content (AvgIpc) is 3.32. The van der Waals surface area contributed by atoms with Gasteiger partial charge in [0.05, 0.1) is 27.2 Å². The molecule has 3 aromatic carbocycles. The topological polar surface area (TPSA) is 127 Å². The van der Waals surface area contributed by atoms with E-state index in [0.717, 1.165) is 42.5 Å². The van der Waals surface area contributed by atoms with Crippen molar-refractivity contribution in [3.05, 3.63) is 87.9 Å². The van der Waals surface area contributed by atoms with Crippen LogP contribution in [0.25, 0.3) is 22.2 Å². The Kier molecular flexibility index (Phi) is 9.09. The number of fused-ring (bicyclic) bond motifs is 1. The van der Waals surface area contributed by atoms with E-state index in [-0.39, 0.29) is 22.3 Å². The molecule has 0 radical (unpaired) electrons. The smallest absolute Gasteiger partial charge is 0.417 e. The molecule has 0 saturated heterocycles. The second-order valence-electron chi connectivity index (χ2n) is 9.30. The highest BCUT2D eigenvalue weighted by molar-refractivity contribution is 6.34. The van der Waals surface area contributed by atoms with Crippen molar-refractivity contribution in [1.82, 2.24) is 15.1 Å². The first-order chi connectivity index (χ1) is 19.5. The van der Waals surface area contributed by atoms with E-state index in [1.54, 1.807) is 6.07 Å². The van der Waals surface area contributed by atoms with Gasteiger partial charge in [-0.3, -0.25) is 9.59 Å². The van der Waals surface area contributed by atoms with Gasteiger partial charge in [-0.25, -0.2) is 4.79 Å². The van der Waals surface area contributed by atoms with Crippen LogP contribution in [-0.2, 0) is 6.18 Å². The summed E-state index contributed by atoms with van der Waals surface area (Å²) in [7, 11) is 0. The van der Waals surface area contributed by atoms with Crippen molar-refractivity contribution in [2.75, 3.05) is 13.1 Å². The number of benzene rings is 3. The lowest BCUT2D eigenvalue weighted by atomic mass is 10.0. The van der Waals surface area contributed by atoms with Crippen molar-refractivity contribution >= 4 is 40.3 Å². The first-order valence-corrected chi connectivity index (χ1v) is 13.2. The molecular formula is C29H26ClF3N4O4. The van der Waals surface area contributed by atoms with E-state index in [4.69, 9.17) is 17.3 Å². The number of unbranched alkanes of at least 4 members (excludes halogenated alkanes) is 3. The van der Waals surface area contributed by atoms with Crippen LogP contribution < -0.4 is 11.1 Å². The van der Waals surface area contributed by atoms with Crippen molar-refractivity contribution in [3.63, 3.8) is 0 Å². The van der Waals surface area contributed by atoms with Gasteiger partial charge < -0.3 is 16.2 Å². The third-order valence-corrected chi connectivity index (χ3v) is 6.81. The van der Waals surface area contributed by atoms with Crippen molar-refractivity contribution < 1.29 is 32.7 Å². The molecule has 8 nitrogen and oxygen atoms in total. The van der Waals surface area contributed by atoms with E-state index >= 15 is 0 Å². The van der Waals surface area contributed by atoms with Gasteiger partial charge in [0, 0.05) is 23.1 Å². The Morgan fingerprint density at radius 1 is 0.951 bits per heavy atom. The number of aromatic nitrogens is 2. The van der Waals surface area contributed by atoms with E-state index in [0.29, 0.717) is 24.0 Å². The number of carbonyl (C=O) groups excluding carboxylic acids is 2. The number of carbonyl (C=O) groups is 3. The lowest BCUT2D eigenvalue weighted by molar-refractivity contribution is -0.137. The van der Waals surface area contributed by atoms with E-state index in [1.807, 2.05) is 0 Å². The minimum absolute atomic E-state index is 0.0152. The van der Waals surface area contributed by atoms with E-state index in [2.05, 4.69) is 10.4 Å². The molecule has 4 rings (SSSR count). The Morgan fingerprint density at radius 2 is 1.63 bits per heavy atom. The van der Waals surface area contributed by atoms with Crippen LogP contribution in [0.2, 0.25) is 5.02 Å². The standard InChI is InChI=1S/C29H26ClF3N4O4/c30-22-7-5-6-21(29(31,32)33)24(22)27(39)37-23-16-19(26(38)35-15-4-2-1-3-14-34)12-13-20(23)25(36-37)17-8-10-18(11-9-17)28(40)41/h5-13,16H,1-4,14-15,34H2,(H,35,38)(H,40,41). The summed E-state index contributed by atoms with van der Waals surface area (Å²) in [5, 5.41) is 16.3. The number of halogens is 4. The molecule has 0 atom stereocenters. The molecule has 214 valence electrons. The quantitative estimate of drug-likeness (QED) is 0.195. The zero-order valence-electron chi connectivity index (χ0n) is 21.7. The fourth-order valence-corrected chi connectivity index (χ4v) is 4.66. The van der Waals surface area contributed by atoms with E-state index in [1.165, 1.54) is 42.5 Å². The summed E-state index contributed by atoms with van der Waals surface area (Å²) < 4.78 is 42.3. The van der Waals surface area contributed by atoms with Crippen LogP contribution in [-0.4, -0.2) is 45.8 Å². The molecule has 0 bridgehead atoms. The number of rotatable bonds is 10. The number of alkyl halides is 3. The molecule has 0 fully saturated rings. The molecule has 4 aromatic rings. The predicted octanol–water partition coefficient (Wildman–Crippen LogP) is 6.01. The summed E-state index contributed by atoms with van der Waals surface area (Å²) in [5.41, 5.74) is 4.37. The van der Waals surface area contributed by atoms with Gasteiger partial charge in [0.1, 0.15) is 5.69 Å². The maximum atomic E-state index is 13.8. The number of nitrogens with zero attached hydrogens (tertiary/aromatic N) is 2. The van der Waals surface area contributed by atoms with Crippen LogP contribution in [0.1, 0.15) is 62.3 Å². The molecule has 41 heavy (non-hydrogen) atoms. The minimum Gasteiger partial charge on any atom is -0.478 e. The molecule has 0 aliphatic rings. The van der Waals surface area contributed by atoms with Crippen LogP contribution in [0, 0.1) is 0 Å². The zero-order valence-corrected chi connectivity index (χ0v) is 22.4. The lowest BCUT2D eigenvalue weighted by Crippen LogP contribution is -2.24. The third-order valence-electron chi connectivity index (χ3n) is 6.49. The second-order valence-corrected chi connectivity index (χ2v) is 9.71. The highest BCUT2D eigenvalue weighted by atomic mass is 35.5. The van der Waals surface area contributed by atoms with Gasteiger partial charge in [-0.15, -0.1) is 0 Å². The van der Waals surface area contributed by atoms with Crippen molar-refractivity contribution in [1.29, 1.82) is 0 Å². The Bertz CT molecular complexity index is 1600. The second kappa shape index (κ2) is 12.5.